The molecular weight excluding hydrogens is 357 g/mol. The van der Waals surface area contributed by atoms with Gasteiger partial charge < -0.3 is 18.8 Å². The van der Waals surface area contributed by atoms with Crippen molar-refractivity contribution in [2.24, 2.45) is 11.8 Å². The fourth-order valence-corrected chi connectivity index (χ4v) is 6.16. The van der Waals surface area contributed by atoms with Gasteiger partial charge in [0.2, 0.25) is 5.78 Å². The molecule has 150 valence electrons. The third kappa shape index (κ3) is 2.52. The van der Waals surface area contributed by atoms with E-state index in [4.69, 9.17) is 9.39 Å². The summed E-state index contributed by atoms with van der Waals surface area (Å²) in [7, 11) is 0. The molecule has 2 bridgehead atoms. The molecule has 0 aromatic heterocycles. The Kier molecular flexibility index (Phi) is 4.20. The second-order valence-corrected chi connectivity index (χ2v) is 9.23. The first-order valence-corrected chi connectivity index (χ1v) is 10.7. The van der Waals surface area contributed by atoms with Crippen LogP contribution in [-0.4, -0.2) is 53.0 Å². The highest BCUT2D eigenvalue weighted by molar-refractivity contribution is 6.64. The Morgan fingerprint density at radius 3 is 2.57 bits per heavy atom. The Labute approximate surface area is 165 Å². The average molecular weight is 385 g/mol. The quantitative estimate of drug-likeness (QED) is 0.488. The van der Waals surface area contributed by atoms with Crippen LogP contribution in [-0.2, 0) is 19.0 Å². The fourth-order valence-electron chi connectivity index (χ4n) is 6.16. The lowest BCUT2D eigenvalue weighted by atomic mass is 9.57. The molecule has 1 aromatic rings. The molecule has 1 aliphatic carbocycles. The lowest BCUT2D eigenvalue weighted by Gasteiger charge is -2.59. The van der Waals surface area contributed by atoms with Gasteiger partial charge in [-0.05, 0) is 25.3 Å². The molecule has 1 saturated carbocycles. The van der Waals surface area contributed by atoms with Gasteiger partial charge in [0.25, 0.3) is 5.97 Å². The van der Waals surface area contributed by atoms with E-state index in [9.17, 15) is 14.6 Å². The van der Waals surface area contributed by atoms with E-state index < -0.39 is 24.6 Å². The van der Waals surface area contributed by atoms with Crippen LogP contribution in [0.25, 0.3) is 0 Å². The number of carbonyl (C=O) groups is 2. The summed E-state index contributed by atoms with van der Waals surface area (Å²) in [6.07, 6.45) is 5.53. The van der Waals surface area contributed by atoms with Crippen molar-refractivity contribution in [1.82, 2.24) is 0 Å². The zero-order valence-corrected chi connectivity index (χ0v) is 16.3. The summed E-state index contributed by atoms with van der Waals surface area (Å²) in [4.78, 5) is 25.2. The summed E-state index contributed by atoms with van der Waals surface area (Å²) in [5.74, 6) is -0.971. The van der Waals surface area contributed by atoms with Gasteiger partial charge in [0.15, 0.2) is 5.92 Å². The predicted molar refractivity (Wildman–Crippen MR) is 103 cm³/mol. The van der Waals surface area contributed by atoms with Gasteiger partial charge >= 0.3 is 6.69 Å². The molecule has 1 aromatic carbocycles. The Morgan fingerprint density at radius 1 is 1.14 bits per heavy atom. The molecule has 0 amide bonds. The summed E-state index contributed by atoms with van der Waals surface area (Å²) in [5.41, 5.74) is 0.968. The first kappa shape index (κ1) is 18.3. The number of epoxide rings is 1. The number of carbonyl (C=O) groups excluding carboxylic acids is 2. The number of hydrogen-bond acceptors (Lipinski definition) is 5. The minimum absolute atomic E-state index is 0.0629. The van der Waals surface area contributed by atoms with Crippen LogP contribution in [0.5, 0.6) is 0 Å². The molecule has 6 atom stereocenters. The zero-order valence-electron chi connectivity index (χ0n) is 16.3. The molecular formula is C21H28BNO5. The molecule has 3 aliphatic heterocycles. The predicted octanol–water partition coefficient (Wildman–Crippen LogP) is 2.14. The number of benzene rings is 1. The molecule has 0 spiro atoms. The highest BCUT2D eigenvalue weighted by Gasteiger charge is 2.74. The van der Waals surface area contributed by atoms with Gasteiger partial charge in [0.05, 0.1) is 24.7 Å². The van der Waals surface area contributed by atoms with Crippen molar-refractivity contribution in [1.29, 1.82) is 0 Å². The number of nitrogens with zero attached hydrogens (tertiary/aromatic N) is 1. The largest absolute Gasteiger partial charge is 0.613 e. The summed E-state index contributed by atoms with van der Waals surface area (Å²) in [5, 5.41) is 11.9. The third-order valence-corrected chi connectivity index (χ3v) is 7.90. The SMILES string of the molecule is CC(C1CCCCC1)[N@+]12CC(=O)C(C1)C(=O)O[B-]2(O)C1OC1c1ccccc1. The topological polar surface area (TPSA) is 76.1 Å². The van der Waals surface area contributed by atoms with E-state index >= 15 is 0 Å². The molecule has 5 rings (SSSR count). The van der Waals surface area contributed by atoms with Gasteiger partial charge in [-0.15, -0.1) is 0 Å². The van der Waals surface area contributed by atoms with Crippen LogP contribution in [0.4, 0.5) is 0 Å². The molecule has 7 heteroatoms. The smallest absolute Gasteiger partial charge is 0.556 e. The number of quaternary nitrogens is 1. The van der Waals surface area contributed by atoms with Crippen molar-refractivity contribution in [2.45, 2.75) is 57.2 Å². The molecule has 3 saturated heterocycles. The van der Waals surface area contributed by atoms with Gasteiger partial charge in [-0.25, -0.2) is 0 Å². The van der Waals surface area contributed by atoms with Gasteiger partial charge in [0, 0.05) is 5.92 Å². The molecule has 5 unspecified atom stereocenters. The lowest BCUT2D eigenvalue weighted by molar-refractivity contribution is -0.866. The summed E-state index contributed by atoms with van der Waals surface area (Å²) < 4.78 is 11.8. The molecule has 4 aliphatic rings. The maximum atomic E-state index is 12.7. The minimum atomic E-state index is -2.66. The number of ketones is 1. The normalized spacial score (nSPS) is 41.6. The number of hydrogen-bond donors (Lipinski definition) is 1. The first-order valence-electron chi connectivity index (χ1n) is 10.7. The average Bonchev–Trinajstić information content (AvgIpc) is 3.46. The molecule has 6 nitrogen and oxygen atoms in total. The molecule has 1 N–H and O–H groups in total. The van der Waals surface area contributed by atoms with E-state index in [-0.39, 0.29) is 28.9 Å². The van der Waals surface area contributed by atoms with Crippen molar-refractivity contribution >= 4 is 18.4 Å². The van der Waals surface area contributed by atoms with E-state index in [1.54, 1.807) is 0 Å². The van der Waals surface area contributed by atoms with Crippen LogP contribution in [0.15, 0.2) is 30.3 Å². The third-order valence-electron chi connectivity index (χ3n) is 7.90. The van der Waals surface area contributed by atoms with E-state index in [2.05, 4.69) is 6.92 Å². The monoisotopic (exact) mass is 385 g/mol. The second-order valence-electron chi connectivity index (χ2n) is 9.23. The van der Waals surface area contributed by atoms with Crippen molar-refractivity contribution < 1.29 is 28.4 Å². The zero-order chi connectivity index (χ0) is 19.5. The van der Waals surface area contributed by atoms with Crippen molar-refractivity contribution in [2.75, 3.05) is 13.1 Å². The Balaban J connectivity index is 1.51. The maximum absolute atomic E-state index is 12.7. The van der Waals surface area contributed by atoms with Crippen molar-refractivity contribution in [3.05, 3.63) is 35.9 Å². The summed E-state index contributed by atoms with van der Waals surface area (Å²) >= 11 is 0. The summed E-state index contributed by atoms with van der Waals surface area (Å²) in [6, 6.07) is 9.20. The molecule has 3 heterocycles. The van der Waals surface area contributed by atoms with Gasteiger partial charge in [-0.3, -0.25) is 9.59 Å². The summed E-state index contributed by atoms with van der Waals surface area (Å²) in [6.45, 7) is 0.00645. The van der Waals surface area contributed by atoms with Gasteiger partial charge in [-0.2, -0.15) is 0 Å². The number of Topliss-reactive ketones (excluding diaryl/α,β-unsaturated/α-hetero) is 1. The van der Waals surface area contributed by atoms with E-state index in [1.165, 1.54) is 19.3 Å². The van der Waals surface area contributed by atoms with Crippen molar-refractivity contribution in [3.63, 3.8) is 0 Å². The Bertz CT molecular complexity index is 797. The van der Waals surface area contributed by atoms with Crippen LogP contribution in [0, 0.1) is 11.8 Å². The molecule has 0 radical (unpaired) electrons. The molecule has 28 heavy (non-hydrogen) atoms. The van der Waals surface area contributed by atoms with Gasteiger partial charge in [-0.1, -0.05) is 49.6 Å². The van der Waals surface area contributed by atoms with Gasteiger partial charge in [0.1, 0.15) is 6.54 Å². The fraction of sp³-hybridized carbons (Fsp3) is 0.619. The number of fused-ring (bicyclic) bond motifs is 2. The Hall–Kier alpha value is -1.70. The number of ether oxygens (including phenoxy) is 1. The van der Waals surface area contributed by atoms with Crippen LogP contribution >= 0.6 is 0 Å². The minimum Gasteiger partial charge on any atom is -0.613 e. The highest BCUT2D eigenvalue weighted by atomic mass is 16.7. The highest BCUT2D eigenvalue weighted by Crippen LogP contribution is 2.52. The van der Waals surface area contributed by atoms with E-state index in [1.807, 2.05) is 30.3 Å². The van der Waals surface area contributed by atoms with Crippen LogP contribution in [0.3, 0.4) is 0 Å². The lowest BCUT2D eigenvalue weighted by Crippen LogP contribution is -2.79. The first-order chi connectivity index (χ1) is 13.5. The Morgan fingerprint density at radius 2 is 1.86 bits per heavy atom. The maximum Gasteiger partial charge on any atom is 0.556 e. The second kappa shape index (κ2) is 6.41. The van der Waals surface area contributed by atoms with Crippen LogP contribution in [0.2, 0.25) is 0 Å². The standard InChI is InChI=1S/C21H28BNO5/c1-14(15-8-4-2-5-9-15)23-12-17(18(24)13-23)21(25)28-22(23,26)20-19(27-20)16-10-6-3-7-11-16/h3,6-7,10-11,14-15,17,19-20,26H,2,4-5,8-9,12-13H2,1H3/t14?,17?,19?,20?,22?,23-/m1/s1. The van der Waals surface area contributed by atoms with Crippen LogP contribution < -0.4 is 0 Å². The van der Waals surface area contributed by atoms with Crippen molar-refractivity contribution in [3.8, 4) is 0 Å². The van der Waals surface area contributed by atoms with E-state index in [0.29, 0.717) is 12.5 Å². The number of rotatable bonds is 4. The molecule has 4 fully saturated rings. The van der Waals surface area contributed by atoms with Crippen LogP contribution in [0.1, 0.15) is 50.7 Å². The van der Waals surface area contributed by atoms with E-state index in [0.717, 1.165) is 18.4 Å².